The Kier molecular flexibility index (Phi) is 4.92. The molecule has 0 unspecified atom stereocenters. The molecule has 0 bridgehead atoms. The second-order valence-corrected chi connectivity index (χ2v) is 4.03. The predicted octanol–water partition coefficient (Wildman–Crippen LogP) is 2.61. The van der Waals surface area contributed by atoms with E-state index in [2.05, 4.69) is 10.6 Å². The van der Waals surface area contributed by atoms with Crippen LogP contribution in [0.2, 0.25) is 0 Å². The molecule has 0 aliphatic heterocycles. The molecule has 16 heavy (non-hydrogen) atoms. The number of carbonyl (C=O) groups excluding carboxylic acids is 1. The summed E-state index contributed by atoms with van der Waals surface area (Å²) >= 11 is 5.02. The van der Waals surface area contributed by atoms with Gasteiger partial charge in [-0.2, -0.15) is 0 Å². The Morgan fingerprint density at radius 1 is 1.31 bits per heavy atom. The van der Waals surface area contributed by atoms with E-state index < -0.39 is 0 Å². The van der Waals surface area contributed by atoms with Crippen LogP contribution in [0.25, 0.3) is 0 Å². The lowest BCUT2D eigenvalue weighted by Gasteiger charge is -2.09. The van der Waals surface area contributed by atoms with Crippen LogP contribution >= 0.6 is 12.2 Å². The molecular weight excluding hydrogens is 220 g/mol. The highest BCUT2D eigenvalue weighted by Crippen LogP contribution is 2.08. The number of aryl methyl sites for hydroxylation is 1. The van der Waals surface area contributed by atoms with Gasteiger partial charge in [0.25, 0.3) is 0 Å². The van der Waals surface area contributed by atoms with Crippen LogP contribution in [0.5, 0.6) is 0 Å². The number of hydrogen-bond acceptors (Lipinski definition) is 2. The maximum absolute atomic E-state index is 11.3. The van der Waals surface area contributed by atoms with Gasteiger partial charge in [0.1, 0.15) is 0 Å². The van der Waals surface area contributed by atoms with Crippen LogP contribution in [-0.2, 0) is 4.79 Å². The predicted molar refractivity (Wildman–Crippen MR) is 70.5 cm³/mol. The van der Waals surface area contributed by atoms with Gasteiger partial charge in [0.05, 0.1) is 0 Å². The van der Waals surface area contributed by atoms with Crippen molar-refractivity contribution < 1.29 is 4.79 Å². The first-order valence-corrected chi connectivity index (χ1v) is 5.70. The summed E-state index contributed by atoms with van der Waals surface area (Å²) in [6.45, 7) is 3.97. The van der Waals surface area contributed by atoms with E-state index in [1.165, 1.54) is 5.56 Å². The maximum Gasteiger partial charge on any atom is 0.226 e. The van der Waals surface area contributed by atoms with E-state index in [1.807, 2.05) is 38.1 Å². The zero-order chi connectivity index (χ0) is 12.0. The zero-order valence-corrected chi connectivity index (χ0v) is 10.4. The van der Waals surface area contributed by atoms with Crippen molar-refractivity contribution in [3.05, 3.63) is 29.8 Å². The fourth-order valence-corrected chi connectivity index (χ4v) is 1.45. The summed E-state index contributed by atoms with van der Waals surface area (Å²) in [5.74, 6) is -0.0490. The number of anilines is 1. The number of rotatable bonds is 3. The topological polar surface area (TPSA) is 41.1 Å². The molecule has 1 rings (SSSR count). The van der Waals surface area contributed by atoms with Gasteiger partial charge in [0, 0.05) is 12.1 Å². The van der Waals surface area contributed by atoms with Crippen LogP contribution in [0.1, 0.15) is 25.3 Å². The lowest BCUT2D eigenvalue weighted by atomic mass is 10.2. The Labute approximate surface area is 101 Å². The van der Waals surface area contributed by atoms with Crippen molar-refractivity contribution >= 4 is 28.9 Å². The van der Waals surface area contributed by atoms with Crippen molar-refractivity contribution in [2.45, 2.75) is 26.7 Å². The van der Waals surface area contributed by atoms with Gasteiger partial charge in [-0.1, -0.05) is 24.6 Å². The minimum atomic E-state index is -0.0490. The summed E-state index contributed by atoms with van der Waals surface area (Å²) in [4.78, 5) is 11.3. The quantitative estimate of drug-likeness (QED) is 0.793. The van der Waals surface area contributed by atoms with Gasteiger partial charge in [-0.3, -0.25) is 4.79 Å². The molecule has 86 valence electrons. The highest BCUT2D eigenvalue weighted by molar-refractivity contribution is 7.80. The van der Waals surface area contributed by atoms with Crippen LogP contribution < -0.4 is 10.6 Å². The number of thiocarbonyl (C=S) groups is 1. The third-order valence-corrected chi connectivity index (χ3v) is 2.24. The Hall–Kier alpha value is -1.42. The minimum absolute atomic E-state index is 0.0490. The third-order valence-electron chi connectivity index (χ3n) is 2.04. The van der Waals surface area contributed by atoms with Crippen molar-refractivity contribution in [3.8, 4) is 0 Å². The fraction of sp³-hybridized carbons (Fsp3) is 0.333. The standard InChI is InChI=1S/C12H16N2OS/c1-3-4-11(15)14-12(16)13-10-7-5-9(2)6-8-10/h5-8H,3-4H2,1-2H3,(H2,13,14,15,16). The summed E-state index contributed by atoms with van der Waals surface area (Å²) in [6.07, 6.45) is 1.31. The summed E-state index contributed by atoms with van der Waals surface area (Å²) < 4.78 is 0. The molecule has 1 aromatic carbocycles. The number of nitrogens with one attached hydrogen (secondary N) is 2. The molecule has 0 saturated heterocycles. The normalized spacial score (nSPS) is 9.62. The summed E-state index contributed by atoms with van der Waals surface area (Å²) in [6, 6.07) is 7.82. The zero-order valence-electron chi connectivity index (χ0n) is 9.54. The number of hydrogen-bond donors (Lipinski definition) is 2. The molecule has 0 heterocycles. The minimum Gasteiger partial charge on any atom is -0.332 e. The van der Waals surface area contributed by atoms with Crippen molar-refractivity contribution in [1.82, 2.24) is 5.32 Å². The Bertz CT molecular complexity index is 373. The van der Waals surface area contributed by atoms with Crippen molar-refractivity contribution in [1.29, 1.82) is 0 Å². The van der Waals surface area contributed by atoms with Gasteiger partial charge >= 0.3 is 0 Å². The molecule has 3 nitrogen and oxygen atoms in total. The Morgan fingerprint density at radius 2 is 1.94 bits per heavy atom. The smallest absolute Gasteiger partial charge is 0.226 e. The third kappa shape index (κ3) is 4.40. The van der Waals surface area contributed by atoms with Gasteiger partial charge in [-0.25, -0.2) is 0 Å². The number of benzene rings is 1. The molecule has 1 amide bonds. The van der Waals surface area contributed by atoms with Gasteiger partial charge in [-0.05, 0) is 37.7 Å². The van der Waals surface area contributed by atoms with E-state index in [0.29, 0.717) is 11.5 Å². The van der Waals surface area contributed by atoms with E-state index in [1.54, 1.807) is 0 Å². The molecule has 0 atom stereocenters. The SMILES string of the molecule is CCCC(=O)NC(=S)Nc1ccc(C)cc1. The van der Waals surface area contributed by atoms with Crippen LogP contribution in [0.3, 0.4) is 0 Å². The van der Waals surface area contributed by atoms with Crippen LogP contribution in [0, 0.1) is 6.92 Å². The van der Waals surface area contributed by atoms with E-state index in [4.69, 9.17) is 12.2 Å². The monoisotopic (exact) mass is 236 g/mol. The highest BCUT2D eigenvalue weighted by Gasteiger charge is 2.02. The van der Waals surface area contributed by atoms with Gasteiger partial charge in [0.15, 0.2) is 5.11 Å². The van der Waals surface area contributed by atoms with Gasteiger partial charge in [0.2, 0.25) is 5.91 Å². The average Bonchev–Trinajstić information content (AvgIpc) is 2.21. The van der Waals surface area contributed by atoms with Crippen LogP contribution in [-0.4, -0.2) is 11.0 Å². The molecule has 1 aromatic rings. The molecule has 0 aliphatic carbocycles. The summed E-state index contributed by atoms with van der Waals surface area (Å²) in [5, 5.41) is 5.93. The van der Waals surface area contributed by atoms with Crippen molar-refractivity contribution in [2.24, 2.45) is 0 Å². The summed E-state index contributed by atoms with van der Waals surface area (Å²) in [7, 11) is 0. The van der Waals surface area contributed by atoms with E-state index >= 15 is 0 Å². The summed E-state index contributed by atoms with van der Waals surface area (Å²) in [5.41, 5.74) is 2.07. The van der Waals surface area contributed by atoms with E-state index in [9.17, 15) is 4.79 Å². The number of carbonyl (C=O) groups is 1. The molecule has 2 N–H and O–H groups in total. The lowest BCUT2D eigenvalue weighted by Crippen LogP contribution is -2.33. The molecule has 0 fully saturated rings. The van der Waals surface area contributed by atoms with Crippen molar-refractivity contribution in [2.75, 3.05) is 5.32 Å². The number of amides is 1. The second-order valence-electron chi connectivity index (χ2n) is 3.62. The molecule has 0 spiro atoms. The lowest BCUT2D eigenvalue weighted by molar-refractivity contribution is -0.119. The van der Waals surface area contributed by atoms with E-state index in [-0.39, 0.29) is 5.91 Å². The first-order chi connectivity index (χ1) is 7.61. The maximum atomic E-state index is 11.3. The van der Waals surface area contributed by atoms with Gasteiger partial charge in [-0.15, -0.1) is 0 Å². The van der Waals surface area contributed by atoms with Crippen LogP contribution in [0.4, 0.5) is 5.69 Å². The molecule has 0 aliphatic rings. The second kappa shape index (κ2) is 6.23. The van der Waals surface area contributed by atoms with Gasteiger partial charge < -0.3 is 10.6 Å². The Balaban J connectivity index is 2.45. The van der Waals surface area contributed by atoms with E-state index in [0.717, 1.165) is 12.1 Å². The molecule has 4 heteroatoms. The fourth-order valence-electron chi connectivity index (χ4n) is 1.22. The van der Waals surface area contributed by atoms with Crippen molar-refractivity contribution in [3.63, 3.8) is 0 Å². The average molecular weight is 236 g/mol. The Morgan fingerprint density at radius 3 is 2.50 bits per heavy atom. The molecular formula is C12H16N2OS. The first kappa shape index (κ1) is 12.6. The largest absolute Gasteiger partial charge is 0.332 e. The molecule has 0 radical (unpaired) electrons. The molecule has 0 saturated carbocycles. The molecule has 0 aromatic heterocycles. The van der Waals surface area contributed by atoms with Crippen LogP contribution in [0.15, 0.2) is 24.3 Å². The first-order valence-electron chi connectivity index (χ1n) is 5.29. The highest BCUT2D eigenvalue weighted by atomic mass is 32.1.